The molecule has 0 aromatic heterocycles. The van der Waals surface area contributed by atoms with Crippen molar-refractivity contribution in [2.75, 3.05) is 13.2 Å². The van der Waals surface area contributed by atoms with Crippen LogP contribution in [0.15, 0.2) is 0 Å². The summed E-state index contributed by atoms with van der Waals surface area (Å²) in [5.41, 5.74) is -0.524. The van der Waals surface area contributed by atoms with Crippen LogP contribution in [0.5, 0.6) is 0 Å². The zero-order chi connectivity index (χ0) is 13.2. The Morgan fingerprint density at radius 3 is 2.72 bits per heavy atom. The predicted octanol–water partition coefficient (Wildman–Crippen LogP) is 3.27. The molecule has 1 spiro atoms. The fraction of sp³-hybridized carbons (Fsp3) is 1.00. The Hall–Kier alpha value is -0.290. The smallest absolute Gasteiger partial charge is 0.375 e. The fourth-order valence-electron chi connectivity index (χ4n) is 3.41. The van der Waals surface area contributed by atoms with E-state index in [0.29, 0.717) is 19.1 Å². The lowest BCUT2D eigenvalue weighted by Gasteiger charge is -2.46. The van der Waals surface area contributed by atoms with E-state index in [0.717, 1.165) is 25.8 Å². The molecule has 2 fully saturated rings. The van der Waals surface area contributed by atoms with Crippen LogP contribution in [0.4, 0.5) is 13.2 Å². The number of ether oxygens (including phenoxy) is 1. The molecule has 18 heavy (non-hydrogen) atoms. The Labute approximate surface area is 106 Å². The molecule has 1 N–H and O–H groups in total. The van der Waals surface area contributed by atoms with Crippen molar-refractivity contribution in [2.24, 2.45) is 5.92 Å². The van der Waals surface area contributed by atoms with Gasteiger partial charge in [-0.1, -0.05) is 6.92 Å². The molecule has 1 heterocycles. The maximum atomic E-state index is 12.9. The van der Waals surface area contributed by atoms with Gasteiger partial charge in [0, 0.05) is 12.6 Å². The molecule has 2 nitrogen and oxygen atoms in total. The molecule has 3 unspecified atom stereocenters. The Balaban J connectivity index is 2.01. The average molecular weight is 265 g/mol. The average Bonchev–Trinajstić information content (AvgIpc) is 2.28. The highest BCUT2D eigenvalue weighted by Gasteiger charge is 2.49. The minimum absolute atomic E-state index is 0.151. The third-order valence-corrected chi connectivity index (χ3v) is 4.25. The lowest BCUT2D eigenvalue weighted by molar-refractivity contribution is -0.214. The van der Waals surface area contributed by atoms with Crippen molar-refractivity contribution in [2.45, 2.75) is 63.3 Å². The van der Waals surface area contributed by atoms with Gasteiger partial charge in [0.05, 0.1) is 11.5 Å². The summed E-state index contributed by atoms with van der Waals surface area (Å²) in [6.45, 7) is 3.48. The zero-order valence-corrected chi connectivity index (χ0v) is 10.9. The Morgan fingerprint density at radius 1 is 1.28 bits per heavy atom. The highest BCUT2D eigenvalue weighted by Crippen LogP contribution is 2.46. The summed E-state index contributed by atoms with van der Waals surface area (Å²) in [7, 11) is 0. The van der Waals surface area contributed by atoms with Crippen LogP contribution >= 0.6 is 0 Å². The van der Waals surface area contributed by atoms with Crippen LogP contribution in [0.2, 0.25) is 0 Å². The highest BCUT2D eigenvalue weighted by atomic mass is 19.4. The van der Waals surface area contributed by atoms with Crippen LogP contribution in [0.3, 0.4) is 0 Å². The van der Waals surface area contributed by atoms with E-state index in [2.05, 4.69) is 5.32 Å². The summed E-state index contributed by atoms with van der Waals surface area (Å²) < 4.78 is 44.3. The first-order valence-electron chi connectivity index (χ1n) is 6.89. The van der Waals surface area contributed by atoms with Gasteiger partial charge in [0.1, 0.15) is 0 Å². The van der Waals surface area contributed by atoms with Gasteiger partial charge in [0.15, 0.2) is 0 Å². The van der Waals surface area contributed by atoms with Gasteiger partial charge in [0.2, 0.25) is 0 Å². The molecule has 0 aromatic carbocycles. The number of alkyl halides is 3. The van der Waals surface area contributed by atoms with E-state index in [9.17, 15) is 13.2 Å². The van der Waals surface area contributed by atoms with Crippen LogP contribution in [-0.2, 0) is 4.74 Å². The van der Waals surface area contributed by atoms with E-state index in [4.69, 9.17) is 4.74 Å². The highest BCUT2D eigenvalue weighted by molar-refractivity contribution is 4.95. The number of rotatable bonds is 2. The predicted molar refractivity (Wildman–Crippen MR) is 63.4 cm³/mol. The van der Waals surface area contributed by atoms with E-state index >= 15 is 0 Å². The molecular weight excluding hydrogens is 243 g/mol. The summed E-state index contributed by atoms with van der Waals surface area (Å²) in [6.07, 6.45) is -0.606. The lowest BCUT2D eigenvalue weighted by atomic mass is 9.73. The molecule has 2 aliphatic rings. The molecule has 0 aromatic rings. The first-order chi connectivity index (χ1) is 8.45. The largest absolute Gasteiger partial charge is 0.391 e. The third-order valence-electron chi connectivity index (χ3n) is 4.25. The normalized spacial score (nSPS) is 38.0. The van der Waals surface area contributed by atoms with Gasteiger partial charge >= 0.3 is 6.18 Å². The molecule has 0 bridgehead atoms. The van der Waals surface area contributed by atoms with Crippen molar-refractivity contribution in [3.05, 3.63) is 0 Å². The van der Waals surface area contributed by atoms with Gasteiger partial charge in [-0.2, -0.15) is 13.2 Å². The van der Waals surface area contributed by atoms with E-state index in [1.165, 1.54) is 0 Å². The summed E-state index contributed by atoms with van der Waals surface area (Å²) in [5.74, 6) is -1.17. The second-order valence-electron chi connectivity index (χ2n) is 5.61. The molecule has 1 saturated heterocycles. The van der Waals surface area contributed by atoms with Crippen LogP contribution in [-0.4, -0.2) is 31.0 Å². The topological polar surface area (TPSA) is 21.3 Å². The van der Waals surface area contributed by atoms with Crippen LogP contribution in [0.25, 0.3) is 0 Å². The third kappa shape index (κ3) is 3.18. The van der Waals surface area contributed by atoms with Gasteiger partial charge in [-0.25, -0.2) is 0 Å². The fourth-order valence-corrected chi connectivity index (χ4v) is 3.41. The minimum atomic E-state index is -4.07. The quantitative estimate of drug-likeness (QED) is 0.827. The Bertz CT molecular complexity index is 276. The standard InChI is InChI=1S/C13H22F3NO/c1-2-17-11-5-7-18-12(9-11)6-3-4-10(8-12)13(14,15)16/h10-11,17H,2-9H2,1H3. The van der Waals surface area contributed by atoms with Crippen molar-refractivity contribution in [1.82, 2.24) is 5.32 Å². The van der Waals surface area contributed by atoms with Crippen LogP contribution in [0.1, 0.15) is 45.4 Å². The summed E-state index contributed by atoms with van der Waals surface area (Å²) >= 11 is 0. The lowest BCUT2D eigenvalue weighted by Crippen LogP contribution is -2.50. The van der Waals surface area contributed by atoms with Crippen molar-refractivity contribution in [1.29, 1.82) is 0 Å². The van der Waals surface area contributed by atoms with Gasteiger partial charge in [-0.05, 0) is 45.1 Å². The Morgan fingerprint density at radius 2 is 2.06 bits per heavy atom. The zero-order valence-electron chi connectivity index (χ0n) is 10.9. The van der Waals surface area contributed by atoms with Gasteiger partial charge < -0.3 is 10.1 Å². The molecule has 1 saturated carbocycles. The maximum absolute atomic E-state index is 12.9. The number of hydrogen-bond donors (Lipinski definition) is 1. The van der Waals surface area contributed by atoms with Crippen LogP contribution in [0, 0.1) is 5.92 Å². The Kier molecular flexibility index (Phi) is 4.22. The van der Waals surface area contributed by atoms with E-state index in [-0.39, 0.29) is 12.8 Å². The van der Waals surface area contributed by atoms with Crippen LogP contribution < -0.4 is 5.32 Å². The van der Waals surface area contributed by atoms with Gasteiger partial charge in [-0.3, -0.25) is 0 Å². The second-order valence-corrected chi connectivity index (χ2v) is 5.61. The van der Waals surface area contributed by atoms with E-state index in [1.54, 1.807) is 0 Å². The SMILES string of the molecule is CCNC1CCOC2(CCCC(C(F)(F)F)C2)C1. The van der Waals surface area contributed by atoms with Crippen molar-refractivity contribution < 1.29 is 17.9 Å². The van der Waals surface area contributed by atoms with E-state index < -0.39 is 17.7 Å². The molecule has 5 heteroatoms. The van der Waals surface area contributed by atoms with Crippen molar-refractivity contribution in [3.63, 3.8) is 0 Å². The molecule has 1 aliphatic heterocycles. The molecular formula is C13H22F3NO. The van der Waals surface area contributed by atoms with Gasteiger partial charge in [0.25, 0.3) is 0 Å². The number of nitrogens with one attached hydrogen (secondary N) is 1. The van der Waals surface area contributed by atoms with Crippen molar-refractivity contribution >= 4 is 0 Å². The minimum Gasteiger partial charge on any atom is -0.375 e. The summed E-state index contributed by atoms with van der Waals surface area (Å²) in [6, 6.07) is 0.315. The first kappa shape index (κ1) is 14.1. The molecule has 1 aliphatic carbocycles. The molecule has 0 radical (unpaired) electrons. The molecule has 106 valence electrons. The summed E-state index contributed by atoms with van der Waals surface area (Å²) in [5, 5.41) is 3.35. The van der Waals surface area contributed by atoms with E-state index in [1.807, 2.05) is 6.92 Å². The maximum Gasteiger partial charge on any atom is 0.391 e. The number of halogens is 3. The van der Waals surface area contributed by atoms with Gasteiger partial charge in [-0.15, -0.1) is 0 Å². The summed E-state index contributed by atoms with van der Waals surface area (Å²) in [4.78, 5) is 0. The molecule has 2 rings (SSSR count). The first-order valence-corrected chi connectivity index (χ1v) is 6.89. The van der Waals surface area contributed by atoms with Crippen molar-refractivity contribution in [3.8, 4) is 0 Å². The molecule has 3 atom stereocenters. The number of hydrogen-bond acceptors (Lipinski definition) is 2. The monoisotopic (exact) mass is 265 g/mol. The molecule has 0 amide bonds. The second kappa shape index (κ2) is 5.37.